The molecule has 1 aliphatic carbocycles. The summed E-state index contributed by atoms with van der Waals surface area (Å²) in [5.74, 6) is -1.82. The summed E-state index contributed by atoms with van der Waals surface area (Å²) in [6.07, 6.45) is 5.78. The first-order chi connectivity index (χ1) is 21.3. The third-order valence-electron chi connectivity index (χ3n) is 9.10. The highest BCUT2D eigenvalue weighted by Gasteiger charge is 2.35. The van der Waals surface area contributed by atoms with Crippen molar-refractivity contribution in [2.24, 2.45) is 0 Å². The second kappa shape index (κ2) is 12.6. The average Bonchev–Trinajstić information content (AvgIpc) is 3.85. The van der Waals surface area contributed by atoms with Crippen molar-refractivity contribution in [3.8, 4) is 16.9 Å². The van der Waals surface area contributed by atoms with Gasteiger partial charge in [0.25, 0.3) is 5.91 Å². The molecule has 3 aliphatic rings. The number of benzene rings is 2. The molecule has 44 heavy (non-hydrogen) atoms. The predicted molar refractivity (Wildman–Crippen MR) is 163 cm³/mol. The Morgan fingerprint density at radius 1 is 1.02 bits per heavy atom. The maximum absolute atomic E-state index is 14.2. The normalized spacial score (nSPS) is 17.5. The van der Waals surface area contributed by atoms with Crippen LogP contribution in [0.4, 0.5) is 8.78 Å². The molecular weight excluding hydrogens is 564 g/mol. The molecule has 6 rings (SSSR count). The molecular formula is C35H39F2N3O4. The van der Waals surface area contributed by atoms with Crippen LogP contribution < -0.4 is 4.74 Å². The topological polar surface area (TPSA) is 83.0 Å². The minimum atomic E-state index is -1.04. The summed E-state index contributed by atoms with van der Waals surface area (Å²) in [6.45, 7) is 7.34. The summed E-state index contributed by atoms with van der Waals surface area (Å²) in [4.78, 5) is 34.4. The lowest BCUT2D eigenvalue weighted by atomic mass is 9.92. The van der Waals surface area contributed by atoms with Gasteiger partial charge in [-0.3, -0.25) is 14.7 Å². The van der Waals surface area contributed by atoms with Crippen LogP contribution in [0.1, 0.15) is 95.1 Å². The number of aromatic carboxylic acids is 1. The molecule has 0 radical (unpaired) electrons. The summed E-state index contributed by atoms with van der Waals surface area (Å²) < 4.78 is 34.0. The number of hydrogen-bond acceptors (Lipinski definition) is 5. The lowest BCUT2D eigenvalue weighted by molar-refractivity contribution is 0.0543. The van der Waals surface area contributed by atoms with Crippen molar-refractivity contribution >= 4 is 11.9 Å². The third-order valence-corrected chi connectivity index (χ3v) is 9.10. The highest BCUT2D eigenvalue weighted by atomic mass is 19.2. The molecule has 7 nitrogen and oxygen atoms in total. The van der Waals surface area contributed by atoms with Crippen LogP contribution in [-0.4, -0.2) is 64.0 Å². The number of carboxylic acid groups (broad SMARTS) is 1. The van der Waals surface area contributed by atoms with Crippen LogP contribution in [0.3, 0.4) is 0 Å². The Morgan fingerprint density at radius 2 is 1.80 bits per heavy atom. The Morgan fingerprint density at radius 3 is 2.45 bits per heavy atom. The largest absolute Gasteiger partial charge is 0.493 e. The van der Waals surface area contributed by atoms with Gasteiger partial charge in [-0.25, -0.2) is 13.6 Å². The van der Waals surface area contributed by atoms with Crippen LogP contribution >= 0.6 is 0 Å². The summed E-state index contributed by atoms with van der Waals surface area (Å²) in [6, 6.07) is 9.91. The summed E-state index contributed by atoms with van der Waals surface area (Å²) in [7, 11) is 0. The van der Waals surface area contributed by atoms with E-state index in [0.29, 0.717) is 60.2 Å². The molecule has 0 bridgehead atoms. The van der Waals surface area contributed by atoms with Gasteiger partial charge in [0.05, 0.1) is 29.1 Å². The number of aromatic nitrogens is 1. The van der Waals surface area contributed by atoms with E-state index in [0.717, 1.165) is 68.4 Å². The lowest BCUT2D eigenvalue weighted by Crippen LogP contribution is -2.50. The number of carboxylic acids is 1. The molecule has 2 aliphatic heterocycles. The fourth-order valence-corrected chi connectivity index (χ4v) is 6.79. The van der Waals surface area contributed by atoms with E-state index in [2.05, 4.69) is 16.0 Å². The van der Waals surface area contributed by atoms with Crippen molar-refractivity contribution < 1.29 is 28.2 Å². The van der Waals surface area contributed by atoms with Gasteiger partial charge in [0.1, 0.15) is 5.75 Å². The number of nitrogens with zero attached hydrogens (tertiary/aromatic N) is 3. The molecule has 0 unspecified atom stereocenters. The number of aryl methyl sites for hydroxylation is 1. The lowest BCUT2D eigenvalue weighted by Gasteiger charge is -2.40. The number of piperidine rings is 1. The van der Waals surface area contributed by atoms with Gasteiger partial charge in [-0.1, -0.05) is 25.5 Å². The monoisotopic (exact) mass is 603 g/mol. The first-order valence-electron chi connectivity index (χ1n) is 15.8. The van der Waals surface area contributed by atoms with Crippen LogP contribution in [-0.2, 0) is 19.4 Å². The number of likely N-dealkylation sites (tertiary alicyclic amines) is 1. The standard InChI is InChI=1S/C35H39F2N3O4/c1-3-5-30-27(35(42)43)19-26-31(38-30)12-15-40(34(26)41)24-10-13-39(14-11-24)20-21-16-25(22-6-7-22)33(32(17-21)44-4-2)23-8-9-28(36)29(37)18-23/h8-9,16-19,22,24H,3-7,10-15,20H2,1-2H3,(H,42,43). The van der Waals surface area contributed by atoms with Gasteiger partial charge in [-0.05, 0) is 85.9 Å². The first kappa shape index (κ1) is 30.2. The Hall–Kier alpha value is -3.85. The van der Waals surface area contributed by atoms with Crippen molar-refractivity contribution in [3.05, 3.63) is 81.7 Å². The van der Waals surface area contributed by atoms with E-state index in [1.54, 1.807) is 6.07 Å². The Kier molecular flexibility index (Phi) is 8.67. The Bertz CT molecular complexity index is 1580. The zero-order chi connectivity index (χ0) is 31.0. The number of amides is 1. The van der Waals surface area contributed by atoms with E-state index < -0.39 is 17.6 Å². The molecule has 1 amide bonds. The number of halogens is 2. The van der Waals surface area contributed by atoms with Crippen molar-refractivity contribution in [1.82, 2.24) is 14.8 Å². The number of carbonyl (C=O) groups is 2. The third kappa shape index (κ3) is 6.07. The van der Waals surface area contributed by atoms with Crippen LogP contribution in [0.5, 0.6) is 5.75 Å². The quantitative estimate of drug-likeness (QED) is 0.281. The zero-order valence-corrected chi connectivity index (χ0v) is 25.4. The predicted octanol–water partition coefficient (Wildman–Crippen LogP) is 6.62. The van der Waals surface area contributed by atoms with Gasteiger partial charge in [0.2, 0.25) is 0 Å². The van der Waals surface area contributed by atoms with E-state index in [1.807, 2.05) is 24.8 Å². The van der Waals surface area contributed by atoms with Gasteiger partial charge in [0, 0.05) is 44.2 Å². The fraction of sp³-hybridized carbons (Fsp3) is 0.457. The smallest absolute Gasteiger partial charge is 0.337 e. The van der Waals surface area contributed by atoms with Crippen LogP contribution in [0.15, 0.2) is 36.4 Å². The van der Waals surface area contributed by atoms with E-state index in [4.69, 9.17) is 4.74 Å². The zero-order valence-electron chi connectivity index (χ0n) is 25.4. The average molecular weight is 604 g/mol. The minimum absolute atomic E-state index is 0.0901. The number of hydrogen-bond donors (Lipinski definition) is 1. The number of carbonyl (C=O) groups excluding carboxylic acids is 1. The molecule has 3 heterocycles. The maximum Gasteiger partial charge on any atom is 0.337 e. The molecule has 1 aromatic heterocycles. The number of rotatable bonds is 10. The summed E-state index contributed by atoms with van der Waals surface area (Å²) >= 11 is 0. The van der Waals surface area contributed by atoms with E-state index >= 15 is 0 Å². The highest BCUT2D eigenvalue weighted by molar-refractivity contribution is 5.99. The first-order valence-corrected chi connectivity index (χ1v) is 15.8. The number of ether oxygens (including phenoxy) is 1. The van der Waals surface area contributed by atoms with Crippen molar-refractivity contribution in [2.75, 3.05) is 26.2 Å². The van der Waals surface area contributed by atoms with Crippen LogP contribution in [0.25, 0.3) is 11.1 Å². The van der Waals surface area contributed by atoms with E-state index in [-0.39, 0.29) is 17.5 Å². The molecule has 0 atom stereocenters. The molecule has 2 aromatic carbocycles. The summed E-state index contributed by atoms with van der Waals surface area (Å²) in [5, 5.41) is 9.73. The maximum atomic E-state index is 14.2. The van der Waals surface area contributed by atoms with Crippen molar-refractivity contribution in [1.29, 1.82) is 0 Å². The van der Waals surface area contributed by atoms with Crippen molar-refractivity contribution in [3.63, 3.8) is 0 Å². The van der Waals surface area contributed by atoms with Crippen molar-refractivity contribution in [2.45, 2.75) is 77.3 Å². The van der Waals surface area contributed by atoms with E-state index in [1.165, 1.54) is 18.2 Å². The van der Waals surface area contributed by atoms with Crippen LogP contribution in [0, 0.1) is 11.6 Å². The second-order valence-electron chi connectivity index (χ2n) is 12.2. The van der Waals surface area contributed by atoms with E-state index in [9.17, 15) is 23.5 Å². The van der Waals surface area contributed by atoms with Gasteiger partial charge in [-0.2, -0.15) is 0 Å². The summed E-state index contributed by atoms with van der Waals surface area (Å²) in [5.41, 5.74) is 5.54. The SMILES string of the molecule is CCCc1nc2c(cc1C(=O)O)C(=O)N(C1CCN(Cc3cc(OCC)c(-c4ccc(F)c(F)c4)c(C4CC4)c3)CC1)CC2. The molecule has 0 spiro atoms. The number of pyridine rings is 1. The second-order valence-corrected chi connectivity index (χ2v) is 12.2. The van der Waals surface area contributed by atoms with Gasteiger partial charge in [0.15, 0.2) is 11.6 Å². The number of fused-ring (bicyclic) bond motifs is 1. The molecule has 9 heteroatoms. The Labute approximate surface area is 256 Å². The highest BCUT2D eigenvalue weighted by Crippen LogP contribution is 2.48. The van der Waals surface area contributed by atoms with Gasteiger partial charge in [-0.15, -0.1) is 0 Å². The van der Waals surface area contributed by atoms with Gasteiger partial charge < -0.3 is 14.7 Å². The van der Waals surface area contributed by atoms with Crippen LogP contribution in [0.2, 0.25) is 0 Å². The Balaban J connectivity index is 1.17. The molecule has 1 N–H and O–H groups in total. The molecule has 3 aromatic rings. The fourth-order valence-electron chi connectivity index (χ4n) is 6.79. The molecule has 1 saturated heterocycles. The molecule has 2 fully saturated rings. The minimum Gasteiger partial charge on any atom is -0.493 e. The molecule has 232 valence electrons. The molecule has 1 saturated carbocycles. The van der Waals surface area contributed by atoms with Gasteiger partial charge >= 0.3 is 5.97 Å².